The summed E-state index contributed by atoms with van der Waals surface area (Å²) in [5.41, 5.74) is 2.20. The number of hydrogen-bond donors (Lipinski definition) is 0. The quantitative estimate of drug-likeness (QED) is 0.560. The third-order valence-electron chi connectivity index (χ3n) is 6.47. The van der Waals surface area contributed by atoms with Crippen LogP contribution in [0.2, 0.25) is 0 Å². The van der Waals surface area contributed by atoms with Gasteiger partial charge in [-0.25, -0.2) is 4.79 Å². The average Bonchev–Trinajstić information content (AvgIpc) is 3.28. The smallest absolute Gasteiger partial charge is 0.338 e. The maximum Gasteiger partial charge on any atom is 0.338 e. The van der Waals surface area contributed by atoms with Crippen molar-refractivity contribution in [1.29, 1.82) is 0 Å². The molecule has 1 atom stereocenters. The van der Waals surface area contributed by atoms with Crippen molar-refractivity contribution in [2.45, 2.75) is 32.0 Å². The number of fused-ring (bicyclic) bond motifs is 1. The van der Waals surface area contributed by atoms with Gasteiger partial charge in [-0.2, -0.15) is 0 Å². The van der Waals surface area contributed by atoms with Crippen molar-refractivity contribution < 1.29 is 38.0 Å². The minimum atomic E-state index is -0.675. The van der Waals surface area contributed by atoms with Crippen LogP contribution in [0.1, 0.15) is 35.2 Å². The first-order chi connectivity index (χ1) is 16.1. The van der Waals surface area contributed by atoms with Crippen molar-refractivity contribution in [3.63, 3.8) is 0 Å². The van der Waals surface area contributed by atoms with E-state index in [0.29, 0.717) is 48.9 Å². The summed E-state index contributed by atoms with van der Waals surface area (Å²) in [5.74, 6) is 0.789. The molecule has 1 aliphatic carbocycles. The molecule has 8 heteroatoms. The van der Waals surface area contributed by atoms with E-state index in [-0.39, 0.29) is 31.3 Å². The van der Waals surface area contributed by atoms with Gasteiger partial charge < -0.3 is 28.4 Å². The molecule has 174 valence electrons. The summed E-state index contributed by atoms with van der Waals surface area (Å²) in [6.45, 7) is 1.40. The van der Waals surface area contributed by atoms with Gasteiger partial charge in [0.05, 0.1) is 33.0 Å². The van der Waals surface area contributed by atoms with Gasteiger partial charge in [-0.05, 0) is 36.6 Å². The Kier molecular flexibility index (Phi) is 5.62. The lowest BCUT2D eigenvalue weighted by Crippen LogP contribution is -2.30. The minimum absolute atomic E-state index is 0.153. The van der Waals surface area contributed by atoms with E-state index in [1.165, 1.54) is 7.11 Å². The molecule has 0 radical (unpaired) electrons. The molecule has 5 rings (SSSR count). The maximum atomic E-state index is 12.9. The molecule has 0 amide bonds. The fraction of sp³-hybridized carbons (Fsp3) is 0.440. The van der Waals surface area contributed by atoms with Crippen LogP contribution in [-0.4, -0.2) is 52.1 Å². The number of hydrogen-bond acceptors (Lipinski definition) is 8. The van der Waals surface area contributed by atoms with Crippen LogP contribution >= 0.6 is 0 Å². The monoisotopic (exact) mass is 454 g/mol. The van der Waals surface area contributed by atoms with E-state index in [9.17, 15) is 9.59 Å². The Labute approximate surface area is 191 Å². The summed E-state index contributed by atoms with van der Waals surface area (Å²) in [6.07, 6.45) is 1.92. The lowest BCUT2D eigenvalue weighted by molar-refractivity contribution is -0.157. The zero-order valence-electron chi connectivity index (χ0n) is 18.7. The van der Waals surface area contributed by atoms with Crippen LogP contribution < -0.4 is 14.2 Å². The Balaban J connectivity index is 1.47. The number of esters is 2. The van der Waals surface area contributed by atoms with Crippen LogP contribution in [-0.2, 0) is 25.6 Å². The van der Waals surface area contributed by atoms with Crippen LogP contribution in [0.15, 0.2) is 30.3 Å². The molecular formula is C25H26O8. The summed E-state index contributed by atoms with van der Waals surface area (Å²) in [7, 11) is 3.09. The number of ether oxygens (including phenoxy) is 6. The fourth-order valence-electron chi connectivity index (χ4n) is 4.31. The van der Waals surface area contributed by atoms with E-state index in [4.69, 9.17) is 28.4 Å². The van der Waals surface area contributed by atoms with Gasteiger partial charge in [0.1, 0.15) is 24.7 Å². The largest absolute Gasteiger partial charge is 0.493 e. The van der Waals surface area contributed by atoms with Gasteiger partial charge in [-0.3, -0.25) is 4.79 Å². The SMILES string of the molecule is COc1ccc(-c2cccc3c2COC3=O)c(OCC2(C(=O)O[C@H]3CCOC3)CC2)c1OC. The summed E-state index contributed by atoms with van der Waals surface area (Å²) in [5, 5.41) is 0. The van der Waals surface area contributed by atoms with E-state index in [2.05, 4.69) is 0 Å². The Morgan fingerprint density at radius 2 is 1.88 bits per heavy atom. The molecule has 0 bridgehead atoms. The molecule has 1 saturated carbocycles. The Bertz CT molecular complexity index is 1080. The molecule has 3 aliphatic rings. The predicted octanol–water partition coefficient (Wildman–Crippen LogP) is 3.53. The first-order valence-electron chi connectivity index (χ1n) is 11.0. The highest BCUT2D eigenvalue weighted by atomic mass is 16.6. The standard InChI is InChI=1S/C25H26O8/c1-28-20-7-6-17(16-4-3-5-18-19(16)13-31-23(18)26)21(22(20)29-2)32-14-25(9-10-25)24(27)33-15-8-11-30-12-15/h3-7,15H,8-14H2,1-2H3/t15-/m0/s1. The zero-order valence-corrected chi connectivity index (χ0v) is 18.7. The van der Waals surface area contributed by atoms with Gasteiger partial charge in [0.2, 0.25) is 5.75 Å². The van der Waals surface area contributed by atoms with E-state index >= 15 is 0 Å². The normalized spacial score (nSPS) is 20.1. The number of benzene rings is 2. The van der Waals surface area contributed by atoms with Gasteiger partial charge in [0, 0.05) is 17.5 Å². The van der Waals surface area contributed by atoms with Gasteiger partial charge in [0.15, 0.2) is 11.5 Å². The Morgan fingerprint density at radius 1 is 1.06 bits per heavy atom. The summed E-state index contributed by atoms with van der Waals surface area (Å²) < 4.78 is 33.6. The molecule has 1 saturated heterocycles. The number of cyclic esters (lactones) is 1. The van der Waals surface area contributed by atoms with E-state index in [0.717, 1.165) is 23.1 Å². The highest BCUT2D eigenvalue weighted by molar-refractivity contribution is 5.96. The van der Waals surface area contributed by atoms with E-state index < -0.39 is 5.41 Å². The molecule has 0 spiro atoms. The molecule has 2 aromatic carbocycles. The van der Waals surface area contributed by atoms with Crippen LogP contribution in [0.4, 0.5) is 0 Å². The maximum absolute atomic E-state index is 12.9. The molecule has 2 heterocycles. The number of carbonyl (C=O) groups excluding carboxylic acids is 2. The Hall–Kier alpha value is -3.26. The minimum Gasteiger partial charge on any atom is -0.493 e. The lowest BCUT2D eigenvalue weighted by atomic mass is 9.95. The van der Waals surface area contributed by atoms with E-state index in [1.807, 2.05) is 18.2 Å². The third-order valence-corrected chi connectivity index (χ3v) is 6.47. The van der Waals surface area contributed by atoms with Gasteiger partial charge in [-0.15, -0.1) is 0 Å². The van der Waals surface area contributed by atoms with Crippen molar-refractivity contribution >= 4 is 11.9 Å². The average molecular weight is 454 g/mol. The molecular weight excluding hydrogens is 428 g/mol. The first kappa shape index (κ1) is 21.6. The second-order valence-electron chi connectivity index (χ2n) is 8.55. The molecule has 33 heavy (non-hydrogen) atoms. The fourth-order valence-corrected chi connectivity index (χ4v) is 4.31. The van der Waals surface area contributed by atoms with Crippen LogP contribution in [0, 0.1) is 5.41 Å². The van der Waals surface area contributed by atoms with Crippen LogP contribution in [0.5, 0.6) is 17.2 Å². The lowest BCUT2D eigenvalue weighted by Gasteiger charge is -2.22. The van der Waals surface area contributed by atoms with Crippen molar-refractivity contribution in [2.75, 3.05) is 34.0 Å². The summed E-state index contributed by atoms with van der Waals surface area (Å²) >= 11 is 0. The first-order valence-corrected chi connectivity index (χ1v) is 11.0. The third kappa shape index (κ3) is 3.88. The zero-order chi connectivity index (χ0) is 23.0. The molecule has 2 aliphatic heterocycles. The highest BCUT2D eigenvalue weighted by Gasteiger charge is 2.53. The topological polar surface area (TPSA) is 89.5 Å². The van der Waals surface area contributed by atoms with Crippen LogP contribution in [0.25, 0.3) is 11.1 Å². The number of methoxy groups -OCH3 is 2. The van der Waals surface area contributed by atoms with Crippen LogP contribution in [0.3, 0.4) is 0 Å². The summed E-state index contributed by atoms with van der Waals surface area (Å²) in [6, 6.07) is 9.13. The van der Waals surface area contributed by atoms with Gasteiger partial charge in [0.25, 0.3) is 0 Å². The summed E-state index contributed by atoms with van der Waals surface area (Å²) in [4.78, 5) is 24.9. The van der Waals surface area contributed by atoms with Gasteiger partial charge >= 0.3 is 11.9 Å². The molecule has 2 aromatic rings. The Morgan fingerprint density at radius 3 is 2.58 bits per heavy atom. The van der Waals surface area contributed by atoms with Crippen molar-refractivity contribution in [3.05, 3.63) is 41.5 Å². The molecule has 0 N–H and O–H groups in total. The van der Waals surface area contributed by atoms with Crippen molar-refractivity contribution in [2.24, 2.45) is 5.41 Å². The number of rotatable bonds is 8. The predicted molar refractivity (Wildman–Crippen MR) is 117 cm³/mol. The number of carbonyl (C=O) groups is 2. The van der Waals surface area contributed by atoms with Gasteiger partial charge in [-0.1, -0.05) is 12.1 Å². The van der Waals surface area contributed by atoms with Crippen molar-refractivity contribution in [3.8, 4) is 28.4 Å². The highest BCUT2D eigenvalue weighted by Crippen LogP contribution is 2.51. The second kappa shape index (κ2) is 8.59. The van der Waals surface area contributed by atoms with E-state index in [1.54, 1.807) is 19.2 Å². The molecule has 0 aromatic heterocycles. The van der Waals surface area contributed by atoms with Crippen molar-refractivity contribution in [1.82, 2.24) is 0 Å². The molecule has 8 nitrogen and oxygen atoms in total. The molecule has 2 fully saturated rings. The second-order valence-corrected chi connectivity index (χ2v) is 8.55. The molecule has 0 unspecified atom stereocenters.